The van der Waals surface area contributed by atoms with Crippen LogP contribution in [0.4, 0.5) is 0 Å². The Kier molecular flexibility index (Phi) is 5.35. The number of halogens is 1. The summed E-state index contributed by atoms with van der Waals surface area (Å²) in [6.07, 6.45) is 3.63. The van der Waals surface area contributed by atoms with E-state index in [-0.39, 0.29) is 5.92 Å². The lowest BCUT2D eigenvalue weighted by Gasteiger charge is -2.30. The Morgan fingerprint density at radius 1 is 1.50 bits per heavy atom. The summed E-state index contributed by atoms with van der Waals surface area (Å²) in [5.74, 6) is 0.437. The van der Waals surface area contributed by atoms with Crippen LogP contribution >= 0.6 is 23.4 Å². The van der Waals surface area contributed by atoms with E-state index in [1.165, 1.54) is 4.90 Å². The second-order valence-corrected chi connectivity index (χ2v) is 6.81. The maximum absolute atomic E-state index is 11.6. The Hall–Kier alpha value is -0.710. The van der Waals surface area contributed by atoms with Crippen molar-refractivity contribution in [2.45, 2.75) is 36.1 Å². The topological polar surface area (TPSA) is 49.3 Å². The summed E-state index contributed by atoms with van der Waals surface area (Å²) >= 11 is 7.62. The summed E-state index contributed by atoms with van der Waals surface area (Å²) in [5.41, 5.74) is -0.722. The fraction of sp³-hybridized carbons (Fsp3) is 0.533. The maximum Gasteiger partial charge on any atom is 0.324 e. The van der Waals surface area contributed by atoms with Crippen molar-refractivity contribution in [3.63, 3.8) is 0 Å². The standard InChI is InChI=1S/C15H20ClNO2S/c1-17-15(14(18)19)9-2-3-11(15)8-10-20-13-6-4-12(16)5-7-13/h4-7,11,17H,2-3,8-10H2,1H3,(H,18,19). The van der Waals surface area contributed by atoms with Crippen molar-refractivity contribution in [1.29, 1.82) is 0 Å². The minimum atomic E-state index is -0.722. The molecule has 2 unspecified atom stereocenters. The van der Waals surface area contributed by atoms with Gasteiger partial charge < -0.3 is 10.4 Å². The number of rotatable bonds is 6. The number of aliphatic carboxylic acids is 1. The highest BCUT2D eigenvalue weighted by atomic mass is 35.5. The van der Waals surface area contributed by atoms with Gasteiger partial charge in [-0.25, -0.2) is 0 Å². The number of hydrogen-bond acceptors (Lipinski definition) is 3. The molecule has 20 heavy (non-hydrogen) atoms. The number of carboxylic acids is 1. The first-order valence-electron chi connectivity index (χ1n) is 6.89. The molecule has 0 spiro atoms. The quantitative estimate of drug-likeness (QED) is 0.787. The fourth-order valence-corrected chi connectivity index (χ4v) is 4.13. The monoisotopic (exact) mass is 313 g/mol. The SMILES string of the molecule is CNC1(C(=O)O)CCCC1CCSc1ccc(Cl)cc1. The van der Waals surface area contributed by atoms with Crippen LogP contribution in [0, 0.1) is 5.92 Å². The largest absolute Gasteiger partial charge is 0.480 e. The van der Waals surface area contributed by atoms with Gasteiger partial charge in [-0.2, -0.15) is 0 Å². The summed E-state index contributed by atoms with van der Waals surface area (Å²) in [6.45, 7) is 0. The van der Waals surface area contributed by atoms with Crippen LogP contribution in [-0.4, -0.2) is 29.4 Å². The number of hydrogen-bond donors (Lipinski definition) is 2. The van der Waals surface area contributed by atoms with Gasteiger partial charge in [0.15, 0.2) is 0 Å². The molecule has 0 bridgehead atoms. The highest BCUT2D eigenvalue weighted by Gasteiger charge is 2.47. The van der Waals surface area contributed by atoms with E-state index in [4.69, 9.17) is 11.6 Å². The molecule has 2 atom stereocenters. The number of thioether (sulfide) groups is 1. The Morgan fingerprint density at radius 2 is 2.20 bits per heavy atom. The Morgan fingerprint density at radius 3 is 2.80 bits per heavy atom. The Bertz CT molecular complexity index is 465. The predicted octanol–water partition coefficient (Wildman–Crippen LogP) is 3.67. The molecule has 1 aromatic carbocycles. The van der Waals surface area contributed by atoms with Gasteiger partial charge in [0.1, 0.15) is 5.54 Å². The van der Waals surface area contributed by atoms with E-state index in [9.17, 15) is 9.90 Å². The van der Waals surface area contributed by atoms with Crippen LogP contribution in [0.15, 0.2) is 29.2 Å². The average molecular weight is 314 g/mol. The molecular weight excluding hydrogens is 294 g/mol. The zero-order chi connectivity index (χ0) is 14.6. The van der Waals surface area contributed by atoms with E-state index in [0.29, 0.717) is 0 Å². The van der Waals surface area contributed by atoms with Gasteiger partial charge in [0.05, 0.1) is 0 Å². The average Bonchev–Trinajstić information content (AvgIpc) is 2.85. The maximum atomic E-state index is 11.6. The molecule has 1 saturated carbocycles. The zero-order valence-corrected chi connectivity index (χ0v) is 13.1. The third-order valence-electron chi connectivity index (χ3n) is 4.20. The number of carboxylic acid groups (broad SMARTS) is 1. The van der Waals surface area contributed by atoms with E-state index in [1.807, 2.05) is 24.3 Å². The van der Waals surface area contributed by atoms with E-state index in [2.05, 4.69) is 5.32 Å². The van der Waals surface area contributed by atoms with Crippen molar-refractivity contribution in [3.8, 4) is 0 Å². The minimum Gasteiger partial charge on any atom is -0.480 e. The van der Waals surface area contributed by atoms with Crippen molar-refractivity contribution in [2.24, 2.45) is 5.92 Å². The van der Waals surface area contributed by atoms with Gasteiger partial charge in [-0.15, -0.1) is 11.8 Å². The number of carbonyl (C=O) groups is 1. The predicted molar refractivity (Wildman–Crippen MR) is 83.6 cm³/mol. The third kappa shape index (κ3) is 3.30. The molecule has 0 radical (unpaired) electrons. The lowest BCUT2D eigenvalue weighted by molar-refractivity contribution is -0.146. The normalized spacial score (nSPS) is 25.8. The molecule has 5 heteroatoms. The summed E-state index contributed by atoms with van der Waals surface area (Å²) in [5, 5.41) is 13.3. The van der Waals surface area contributed by atoms with E-state index >= 15 is 0 Å². The van der Waals surface area contributed by atoms with Crippen LogP contribution in [-0.2, 0) is 4.79 Å². The highest BCUT2D eigenvalue weighted by Crippen LogP contribution is 2.39. The molecule has 2 rings (SSSR count). The van der Waals surface area contributed by atoms with Crippen LogP contribution in [0.2, 0.25) is 5.02 Å². The summed E-state index contributed by atoms with van der Waals surface area (Å²) in [6, 6.07) is 7.78. The molecule has 0 aromatic heterocycles. The molecule has 3 nitrogen and oxygen atoms in total. The van der Waals surface area contributed by atoms with Crippen molar-refractivity contribution in [3.05, 3.63) is 29.3 Å². The second-order valence-electron chi connectivity index (χ2n) is 5.21. The lowest BCUT2D eigenvalue weighted by Crippen LogP contribution is -2.53. The molecule has 1 fully saturated rings. The summed E-state index contributed by atoms with van der Waals surface area (Å²) < 4.78 is 0. The molecule has 110 valence electrons. The van der Waals surface area contributed by atoms with E-state index in [1.54, 1.807) is 18.8 Å². The molecule has 1 aromatic rings. The highest BCUT2D eigenvalue weighted by molar-refractivity contribution is 7.99. The van der Waals surface area contributed by atoms with E-state index in [0.717, 1.165) is 36.5 Å². The van der Waals surface area contributed by atoms with Gasteiger partial charge in [0.2, 0.25) is 0 Å². The van der Waals surface area contributed by atoms with Crippen LogP contribution in [0.1, 0.15) is 25.7 Å². The minimum absolute atomic E-state index is 0.213. The molecular formula is C15H20ClNO2S. The molecule has 0 saturated heterocycles. The van der Waals surface area contributed by atoms with Crippen LogP contribution in [0.5, 0.6) is 0 Å². The van der Waals surface area contributed by atoms with Gasteiger partial charge in [-0.1, -0.05) is 18.0 Å². The number of likely N-dealkylation sites (N-methyl/N-ethyl adjacent to an activating group) is 1. The molecule has 0 heterocycles. The van der Waals surface area contributed by atoms with Crippen LogP contribution in [0.25, 0.3) is 0 Å². The van der Waals surface area contributed by atoms with Gasteiger partial charge in [0.25, 0.3) is 0 Å². The first kappa shape index (κ1) is 15.7. The first-order chi connectivity index (χ1) is 9.58. The number of benzene rings is 1. The third-order valence-corrected chi connectivity index (χ3v) is 5.49. The van der Waals surface area contributed by atoms with Gasteiger partial charge >= 0.3 is 5.97 Å². The molecule has 0 amide bonds. The van der Waals surface area contributed by atoms with Crippen LogP contribution < -0.4 is 5.32 Å². The zero-order valence-electron chi connectivity index (χ0n) is 11.6. The fourth-order valence-electron chi connectivity index (χ4n) is 3.04. The van der Waals surface area contributed by atoms with E-state index < -0.39 is 11.5 Å². The lowest BCUT2D eigenvalue weighted by atomic mass is 9.85. The van der Waals surface area contributed by atoms with Crippen molar-refractivity contribution in [2.75, 3.05) is 12.8 Å². The Balaban J connectivity index is 1.90. The van der Waals surface area contributed by atoms with Gasteiger partial charge in [-0.05, 0) is 62.2 Å². The molecule has 0 aliphatic heterocycles. The number of nitrogens with one attached hydrogen (secondary N) is 1. The van der Waals surface area contributed by atoms with Crippen molar-refractivity contribution in [1.82, 2.24) is 5.32 Å². The van der Waals surface area contributed by atoms with Crippen molar-refractivity contribution < 1.29 is 9.90 Å². The second kappa shape index (κ2) is 6.83. The van der Waals surface area contributed by atoms with Gasteiger partial charge in [-0.3, -0.25) is 4.79 Å². The summed E-state index contributed by atoms with van der Waals surface area (Å²) in [7, 11) is 1.76. The molecule has 1 aliphatic carbocycles. The molecule has 2 N–H and O–H groups in total. The van der Waals surface area contributed by atoms with Crippen LogP contribution in [0.3, 0.4) is 0 Å². The molecule has 1 aliphatic rings. The summed E-state index contributed by atoms with van der Waals surface area (Å²) in [4.78, 5) is 12.7. The van der Waals surface area contributed by atoms with Gasteiger partial charge in [0, 0.05) is 9.92 Å². The Labute approximate surface area is 129 Å². The van der Waals surface area contributed by atoms with Crippen molar-refractivity contribution >= 4 is 29.3 Å². The smallest absolute Gasteiger partial charge is 0.324 e. The first-order valence-corrected chi connectivity index (χ1v) is 8.25.